The molecule has 3 heterocycles. The predicted molar refractivity (Wildman–Crippen MR) is 120 cm³/mol. The zero-order valence-corrected chi connectivity index (χ0v) is 17.8. The monoisotopic (exact) mass is 457 g/mol. The van der Waals surface area contributed by atoms with Gasteiger partial charge in [0.15, 0.2) is 0 Å². The number of aliphatic imine (C=N–C) groups is 2. The molecule has 0 saturated carbocycles. The number of rotatable bonds is 3. The minimum absolute atomic E-state index is 0.0326. The van der Waals surface area contributed by atoms with E-state index in [-0.39, 0.29) is 27.9 Å². The maximum absolute atomic E-state index is 12.8. The van der Waals surface area contributed by atoms with Gasteiger partial charge in [-0.3, -0.25) is 9.59 Å². The van der Waals surface area contributed by atoms with Crippen LogP contribution >= 0.6 is 34.5 Å². The summed E-state index contributed by atoms with van der Waals surface area (Å²) in [6, 6.07) is 10.0. The van der Waals surface area contributed by atoms with Gasteiger partial charge in [0.25, 0.3) is 17.8 Å². The summed E-state index contributed by atoms with van der Waals surface area (Å²) in [7, 11) is 0. The molecule has 2 aromatic heterocycles. The first-order valence-electron chi connectivity index (χ1n) is 8.62. The van der Waals surface area contributed by atoms with Crippen molar-refractivity contribution in [2.45, 2.75) is 6.92 Å². The van der Waals surface area contributed by atoms with Crippen LogP contribution in [0.2, 0.25) is 10.0 Å². The fourth-order valence-corrected chi connectivity index (χ4v) is 3.85. The predicted octanol–water partition coefficient (Wildman–Crippen LogP) is 4.93. The second-order valence-corrected chi connectivity index (χ2v) is 8.07. The van der Waals surface area contributed by atoms with Crippen LogP contribution in [0.25, 0.3) is 10.6 Å². The topological polar surface area (TPSA) is 88.7 Å². The molecule has 7 nitrogen and oxygen atoms in total. The summed E-state index contributed by atoms with van der Waals surface area (Å²) in [6.07, 6.45) is 0. The van der Waals surface area contributed by atoms with Crippen LogP contribution in [0.3, 0.4) is 0 Å². The molecule has 0 spiro atoms. The van der Waals surface area contributed by atoms with Crippen LogP contribution in [0.5, 0.6) is 0 Å². The van der Waals surface area contributed by atoms with Crippen LogP contribution in [-0.4, -0.2) is 33.3 Å². The average molecular weight is 458 g/mol. The van der Waals surface area contributed by atoms with Crippen molar-refractivity contribution in [2.75, 3.05) is 5.32 Å². The van der Waals surface area contributed by atoms with Crippen LogP contribution in [0.15, 0.2) is 63.9 Å². The van der Waals surface area contributed by atoms with E-state index in [9.17, 15) is 9.59 Å². The molecule has 1 aliphatic heterocycles. The Morgan fingerprint density at radius 3 is 2.67 bits per heavy atom. The molecule has 10 heteroatoms. The number of benzene rings is 1. The SMILES string of the molecule is C=C1C(=O)N=C(n2nc(-c3cccs3)cc2NC(=O)c2ccc(Cl)cc2Cl)N=C1C. The summed E-state index contributed by atoms with van der Waals surface area (Å²) in [4.78, 5) is 34.1. The summed E-state index contributed by atoms with van der Waals surface area (Å²) in [5.74, 6) is -0.665. The maximum atomic E-state index is 12.8. The smallest absolute Gasteiger partial charge is 0.281 e. The molecule has 3 aromatic rings. The number of thiophene rings is 1. The van der Waals surface area contributed by atoms with Crippen molar-refractivity contribution in [1.82, 2.24) is 9.78 Å². The van der Waals surface area contributed by atoms with Crippen LogP contribution in [0.1, 0.15) is 17.3 Å². The zero-order valence-electron chi connectivity index (χ0n) is 15.5. The lowest BCUT2D eigenvalue weighted by atomic mass is 10.2. The lowest BCUT2D eigenvalue weighted by molar-refractivity contribution is -0.113. The first-order valence-corrected chi connectivity index (χ1v) is 10.3. The standard InChI is InChI=1S/C20H13Cl2N5O2S/c1-10-11(2)23-20(25-18(10)28)27-17(9-15(26-27)16-4-3-7-30-16)24-19(29)13-6-5-12(21)8-14(13)22/h3-9H,1H2,2H3,(H,24,29). The van der Waals surface area contributed by atoms with E-state index in [0.717, 1.165) is 4.88 Å². The first-order chi connectivity index (χ1) is 14.3. The van der Waals surface area contributed by atoms with Gasteiger partial charge in [0, 0.05) is 11.1 Å². The van der Waals surface area contributed by atoms with Crippen molar-refractivity contribution in [3.05, 3.63) is 69.5 Å². The number of nitrogens with zero attached hydrogens (tertiary/aromatic N) is 4. The molecule has 1 N–H and O–H groups in total. The maximum Gasteiger partial charge on any atom is 0.281 e. The lowest BCUT2D eigenvalue weighted by Gasteiger charge is -2.13. The van der Waals surface area contributed by atoms with Gasteiger partial charge in [-0.15, -0.1) is 11.3 Å². The van der Waals surface area contributed by atoms with E-state index in [1.165, 1.54) is 28.2 Å². The van der Waals surface area contributed by atoms with Crippen LogP contribution < -0.4 is 5.32 Å². The quantitative estimate of drug-likeness (QED) is 0.565. The fraction of sp³-hybridized carbons (Fsp3) is 0.0500. The van der Waals surface area contributed by atoms with Crippen molar-refractivity contribution in [1.29, 1.82) is 0 Å². The molecule has 30 heavy (non-hydrogen) atoms. The summed E-state index contributed by atoms with van der Waals surface area (Å²) >= 11 is 13.5. The molecule has 2 amide bonds. The summed E-state index contributed by atoms with van der Waals surface area (Å²) in [5.41, 5.74) is 1.47. The molecule has 0 radical (unpaired) electrons. The van der Waals surface area contributed by atoms with Gasteiger partial charge in [0.2, 0.25) is 0 Å². The lowest BCUT2D eigenvalue weighted by Crippen LogP contribution is -2.25. The van der Waals surface area contributed by atoms with E-state index in [4.69, 9.17) is 23.2 Å². The minimum atomic E-state index is -0.510. The highest BCUT2D eigenvalue weighted by Crippen LogP contribution is 2.28. The van der Waals surface area contributed by atoms with Crippen LogP contribution in [-0.2, 0) is 4.79 Å². The van der Waals surface area contributed by atoms with E-state index < -0.39 is 11.8 Å². The van der Waals surface area contributed by atoms with Crippen LogP contribution in [0.4, 0.5) is 5.82 Å². The average Bonchev–Trinajstić information content (AvgIpc) is 3.35. The Bertz CT molecular complexity index is 1260. The minimum Gasteiger partial charge on any atom is -0.306 e. The molecular weight excluding hydrogens is 445 g/mol. The van der Waals surface area contributed by atoms with E-state index in [1.807, 2.05) is 17.5 Å². The molecule has 1 aromatic carbocycles. The van der Waals surface area contributed by atoms with Crippen molar-refractivity contribution < 1.29 is 9.59 Å². The Kier molecular flexibility index (Phi) is 5.38. The van der Waals surface area contributed by atoms with E-state index in [0.29, 0.717) is 16.4 Å². The molecule has 4 rings (SSSR count). The number of hydrogen-bond donors (Lipinski definition) is 1. The molecule has 0 aliphatic carbocycles. The number of hydrogen-bond acceptors (Lipinski definition) is 5. The second-order valence-electron chi connectivity index (χ2n) is 6.27. The van der Waals surface area contributed by atoms with Gasteiger partial charge in [0.1, 0.15) is 11.5 Å². The van der Waals surface area contributed by atoms with E-state index in [1.54, 1.807) is 19.1 Å². The van der Waals surface area contributed by atoms with Gasteiger partial charge >= 0.3 is 0 Å². The molecule has 150 valence electrons. The van der Waals surface area contributed by atoms with Gasteiger partial charge in [-0.1, -0.05) is 35.8 Å². The fourth-order valence-electron chi connectivity index (χ4n) is 2.67. The summed E-state index contributed by atoms with van der Waals surface area (Å²) < 4.78 is 1.31. The Hall–Kier alpha value is -3.07. The number of anilines is 1. The zero-order chi connectivity index (χ0) is 21.4. The molecule has 0 fully saturated rings. The molecule has 0 unspecified atom stereocenters. The summed E-state index contributed by atoms with van der Waals surface area (Å²) in [5, 5.41) is 9.79. The van der Waals surface area contributed by atoms with Gasteiger partial charge < -0.3 is 5.32 Å². The third-order valence-corrected chi connectivity index (χ3v) is 5.69. The Labute approximate surface area is 185 Å². The van der Waals surface area contributed by atoms with Crippen LogP contribution in [0, 0.1) is 0 Å². The van der Waals surface area contributed by atoms with Crippen molar-refractivity contribution in [3.63, 3.8) is 0 Å². The number of carbonyl (C=O) groups excluding carboxylic acids is 2. The Morgan fingerprint density at radius 2 is 2.00 bits per heavy atom. The highest BCUT2D eigenvalue weighted by molar-refractivity contribution is 7.13. The molecule has 1 aliphatic rings. The highest BCUT2D eigenvalue weighted by Gasteiger charge is 2.23. The number of aromatic nitrogens is 2. The van der Waals surface area contributed by atoms with Gasteiger partial charge in [0.05, 0.1) is 26.7 Å². The highest BCUT2D eigenvalue weighted by atomic mass is 35.5. The third-order valence-electron chi connectivity index (χ3n) is 4.25. The largest absolute Gasteiger partial charge is 0.306 e. The summed E-state index contributed by atoms with van der Waals surface area (Å²) in [6.45, 7) is 5.32. The van der Waals surface area contributed by atoms with Crippen molar-refractivity contribution in [3.8, 4) is 10.6 Å². The van der Waals surface area contributed by atoms with E-state index >= 15 is 0 Å². The number of amides is 2. The number of carbonyl (C=O) groups is 2. The first kappa shape index (κ1) is 20.2. The Balaban J connectivity index is 1.77. The molecule has 0 atom stereocenters. The van der Waals surface area contributed by atoms with Crippen molar-refractivity contribution in [2.24, 2.45) is 9.98 Å². The number of nitrogens with one attached hydrogen (secondary N) is 1. The second kappa shape index (κ2) is 7.98. The third kappa shape index (κ3) is 3.85. The normalized spacial score (nSPS) is 13.8. The van der Waals surface area contributed by atoms with Gasteiger partial charge in [-0.25, -0.2) is 4.99 Å². The van der Waals surface area contributed by atoms with Crippen molar-refractivity contribution >= 4 is 63.8 Å². The number of halogens is 2. The molecule has 0 saturated heterocycles. The molecule has 0 bridgehead atoms. The Morgan fingerprint density at radius 1 is 1.20 bits per heavy atom. The van der Waals surface area contributed by atoms with Gasteiger partial charge in [-0.05, 0) is 36.6 Å². The van der Waals surface area contributed by atoms with Gasteiger partial charge in [-0.2, -0.15) is 14.8 Å². The molecular formula is C20H13Cl2N5O2S. The van der Waals surface area contributed by atoms with E-state index in [2.05, 4.69) is 27.0 Å².